The van der Waals surface area contributed by atoms with Crippen LogP contribution in [-0.2, 0) is 23.0 Å². The van der Waals surface area contributed by atoms with Crippen molar-refractivity contribution in [2.45, 2.75) is 37.9 Å². The molecule has 3 aromatic carbocycles. The number of carboxylic acids is 1. The lowest BCUT2D eigenvalue weighted by Gasteiger charge is -2.16. The molecular weight excluding hydrogens is 555 g/mol. The molecule has 0 aliphatic heterocycles. The second-order valence-corrected chi connectivity index (χ2v) is 10.2. The average Bonchev–Trinajstić information content (AvgIpc) is 3.28. The van der Waals surface area contributed by atoms with Gasteiger partial charge < -0.3 is 29.9 Å². The summed E-state index contributed by atoms with van der Waals surface area (Å²) in [5.41, 5.74) is 4.47. The summed E-state index contributed by atoms with van der Waals surface area (Å²) in [4.78, 5) is 36.7. The van der Waals surface area contributed by atoms with Gasteiger partial charge in [-0.15, -0.1) is 0 Å². The van der Waals surface area contributed by atoms with Gasteiger partial charge in [0.1, 0.15) is 11.5 Å². The lowest BCUT2D eigenvalue weighted by molar-refractivity contribution is -0.139. The Morgan fingerprint density at radius 2 is 1.51 bits per heavy atom. The Hall–Kier alpha value is -4.80. The normalized spacial score (nSPS) is 12.4. The highest BCUT2D eigenvalue weighted by atomic mass is 19.1. The second-order valence-electron chi connectivity index (χ2n) is 10.2. The van der Waals surface area contributed by atoms with Gasteiger partial charge in [0.15, 0.2) is 0 Å². The van der Waals surface area contributed by atoms with E-state index in [1.807, 2.05) is 30.3 Å². The molecule has 0 radical (unpaired) electrons. The molecule has 43 heavy (non-hydrogen) atoms. The number of halogens is 1. The molecule has 9 nitrogen and oxygen atoms in total. The number of carbonyl (C=O) groups excluding carboxylic acids is 2. The first-order valence-corrected chi connectivity index (χ1v) is 13.7. The minimum absolute atomic E-state index is 0.122. The van der Waals surface area contributed by atoms with Crippen LogP contribution in [0.4, 0.5) is 10.1 Å². The SMILES string of the molecule is COC(=O)c1ccc(NC(=O)c2c(-c3ccccc3)c(-c3ccc(F)cc3)c(CC[C@@H](O)C[C@@H](O)CC(=O)O)n2C)cc1. The van der Waals surface area contributed by atoms with Gasteiger partial charge in [0, 0.05) is 29.6 Å². The number of ether oxygens (including phenoxy) is 1. The third-order valence-electron chi connectivity index (χ3n) is 7.16. The average molecular weight is 589 g/mol. The first kappa shape index (κ1) is 31.1. The van der Waals surface area contributed by atoms with Gasteiger partial charge >= 0.3 is 11.9 Å². The van der Waals surface area contributed by atoms with Gasteiger partial charge in [0.2, 0.25) is 0 Å². The number of methoxy groups -OCH3 is 1. The van der Waals surface area contributed by atoms with E-state index < -0.39 is 42.3 Å². The van der Waals surface area contributed by atoms with Crippen LogP contribution >= 0.6 is 0 Å². The molecule has 0 aliphatic carbocycles. The zero-order valence-electron chi connectivity index (χ0n) is 23.8. The molecular formula is C33H33FN2O7. The first-order chi connectivity index (χ1) is 20.6. The number of aliphatic carboxylic acids is 1. The van der Waals surface area contributed by atoms with Crippen molar-refractivity contribution >= 4 is 23.5 Å². The van der Waals surface area contributed by atoms with Crippen LogP contribution in [-0.4, -0.2) is 57.1 Å². The summed E-state index contributed by atoms with van der Waals surface area (Å²) in [7, 11) is 3.02. The molecule has 2 atom stereocenters. The monoisotopic (exact) mass is 588 g/mol. The van der Waals surface area contributed by atoms with Gasteiger partial charge in [-0.05, 0) is 66.8 Å². The summed E-state index contributed by atoms with van der Waals surface area (Å²) in [5.74, 6) is -2.51. The van der Waals surface area contributed by atoms with E-state index in [-0.39, 0.29) is 19.3 Å². The van der Waals surface area contributed by atoms with E-state index >= 15 is 0 Å². The van der Waals surface area contributed by atoms with Crippen molar-refractivity contribution in [1.29, 1.82) is 0 Å². The first-order valence-electron chi connectivity index (χ1n) is 13.7. The fraction of sp³-hybridized carbons (Fsp3) is 0.242. The molecule has 1 heterocycles. The van der Waals surface area contributed by atoms with Crippen molar-refractivity contribution in [1.82, 2.24) is 4.57 Å². The molecule has 0 bridgehead atoms. The number of rotatable bonds is 12. The lowest BCUT2D eigenvalue weighted by atomic mass is 9.92. The number of nitrogens with one attached hydrogen (secondary N) is 1. The maximum absolute atomic E-state index is 14.0. The summed E-state index contributed by atoms with van der Waals surface area (Å²) in [6, 6.07) is 21.5. The molecule has 10 heteroatoms. The Bertz CT molecular complexity index is 1580. The van der Waals surface area contributed by atoms with E-state index in [1.54, 1.807) is 48.0 Å². The molecule has 4 N–H and O–H groups in total. The van der Waals surface area contributed by atoms with Crippen molar-refractivity contribution < 1.29 is 38.8 Å². The zero-order chi connectivity index (χ0) is 31.1. The minimum Gasteiger partial charge on any atom is -0.481 e. The highest BCUT2D eigenvalue weighted by Crippen LogP contribution is 2.41. The van der Waals surface area contributed by atoms with Gasteiger partial charge in [0.25, 0.3) is 5.91 Å². The Morgan fingerprint density at radius 1 is 0.884 bits per heavy atom. The fourth-order valence-electron chi connectivity index (χ4n) is 5.12. The van der Waals surface area contributed by atoms with Crippen LogP contribution in [0.5, 0.6) is 0 Å². The smallest absolute Gasteiger partial charge is 0.337 e. The van der Waals surface area contributed by atoms with Crippen LogP contribution in [0.25, 0.3) is 22.3 Å². The van der Waals surface area contributed by atoms with Crippen LogP contribution in [0.1, 0.15) is 45.8 Å². The summed E-state index contributed by atoms with van der Waals surface area (Å²) < 4.78 is 20.4. The van der Waals surface area contributed by atoms with Crippen molar-refractivity contribution in [2.24, 2.45) is 7.05 Å². The van der Waals surface area contributed by atoms with Crippen LogP contribution in [0.15, 0.2) is 78.9 Å². The maximum Gasteiger partial charge on any atom is 0.337 e. The van der Waals surface area contributed by atoms with Crippen molar-refractivity contribution in [3.05, 3.63) is 102 Å². The predicted molar refractivity (Wildman–Crippen MR) is 159 cm³/mol. The molecule has 4 aromatic rings. The van der Waals surface area contributed by atoms with Gasteiger partial charge in [-0.3, -0.25) is 9.59 Å². The van der Waals surface area contributed by atoms with Crippen LogP contribution < -0.4 is 5.32 Å². The molecule has 0 spiro atoms. The third kappa shape index (κ3) is 7.54. The number of carboxylic acid groups (broad SMARTS) is 1. The standard InChI is InChI=1S/C33H33FN2O7/c1-36-27(17-16-25(37)18-26(38)19-28(39)40)29(21-8-12-23(34)13-9-21)30(20-6-4-3-5-7-20)31(36)32(41)35-24-14-10-22(11-15-24)33(42)43-2/h3-15,25-26,37-38H,16-19H2,1-2H3,(H,35,41)(H,39,40)/t25-,26-/m1/s1. The van der Waals surface area contributed by atoms with Crippen LogP contribution in [0, 0.1) is 5.82 Å². The highest BCUT2D eigenvalue weighted by molar-refractivity contribution is 6.11. The number of anilines is 1. The molecule has 1 amide bonds. The summed E-state index contributed by atoms with van der Waals surface area (Å²) in [5, 5.41) is 32.5. The molecule has 0 saturated carbocycles. The molecule has 0 aliphatic rings. The number of carbonyl (C=O) groups is 3. The Labute approximate surface area is 248 Å². The highest BCUT2D eigenvalue weighted by Gasteiger charge is 2.28. The summed E-state index contributed by atoms with van der Waals surface area (Å²) in [6.07, 6.45) is -2.37. The second kappa shape index (κ2) is 13.9. The number of benzene rings is 3. The van der Waals surface area contributed by atoms with Crippen molar-refractivity contribution in [3.63, 3.8) is 0 Å². The topological polar surface area (TPSA) is 138 Å². The zero-order valence-corrected chi connectivity index (χ0v) is 23.8. The largest absolute Gasteiger partial charge is 0.481 e. The molecule has 0 fully saturated rings. The third-order valence-corrected chi connectivity index (χ3v) is 7.16. The van der Waals surface area contributed by atoms with Gasteiger partial charge in [0.05, 0.1) is 31.3 Å². The number of nitrogens with zero attached hydrogens (tertiary/aromatic N) is 1. The molecule has 0 unspecified atom stereocenters. The van der Waals surface area contributed by atoms with Crippen LogP contribution in [0.2, 0.25) is 0 Å². The summed E-state index contributed by atoms with van der Waals surface area (Å²) in [6.45, 7) is 0. The Balaban J connectivity index is 1.79. The number of aromatic nitrogens is 1. The lowest BCUT2D eigenvalue weighted by Crippen LogP contribution is -2.21. The number of aliphatic hydroxyl groups is 2. The van der Waals surface area contributed by atoms with E-state index in [0.29, 0.717) is 39.3 Å². The predicted octanol–water partition coefficient (Wildman–Crippen LogP) is 5.06. The van der Waals surface area contributed by atoms with Gasteiger partial charge in [-0.25, -0.2) is 9.18 Å². The molecule has 224 valence electrons. The fourth-order valence-corrected chi connectivity index (χ4v) is 5.12. The van der Waals surface area contributed by atoms with E-state index in [2.05, 4.69) is 5.32 Å². The number of hydrogen-bond donors (Lipinski definition) is 4. The van der Waals surface area contributed by atoms with Crippen LogP contribution in [0.3, 0.4) is 0 Å². The van der Waals surface area contributed by atoms with Crippen molar-refractivity contribution in [2.75, 3.05) is 12.4 Å². The molecule has 1 aromatic heterocycles. The number of amides is 1. The number of esters is 1. The quantitative estimate of drug-likeness (QED) is 0.170. The van der Waals surface area contributed by atoms with Crippen molar-refractivity contribution in [3.8, 4) is 22.3 Å². The van der Waals surface area contributed by atoms with E-state index in [0.717, 1.165) is 5.56 Å². The Morgan fingerprint density at radius 3 is 2.12 bits per heavy atom. The number of aliphatic hydroxyl groups excluding tert-OH is 2. The maximum atomic E-state index is 14.0. The number of hydrogen-bond acceptors (Lipinski definition) is 6. The van der Waals surface area contributed by atoms with Gasteiger partial charge in [-0.1, -0.05) is 42.5 Å². The van der Waals surface area contributed by atoms with E-state index in [4.69, 9.17) is 9.84 Å². The van der Waals surface area contributed by atoms with E-state index in [9.17, 15) is 29.0 Å². The van der Waals surface area contributed by atoms with Gasteiger partial charge in [-0.2, -0.15) is 0 Å². The Kier molecular flexibility index (Phi) is 10.1. The van der Waals surface area contributed by atoms with E-state index in [1.165, 1.54) is 19.2 Å². The summed E-state index contributed by atoms with van der Waals surface area (Å²) >= 11 is 0. The minimum atomic E-state index is -1.20. The molecule has 0 saturated heterocycles. The molecule has 4 rings (SSSR count).